The summed E-state index contributed by atoms with van der Waals surface area (Å²) in [6, 6.07) is 8.21. The van der Waals surface area contributed by atoms with Crippen molar-refractivity contribution in [1.29, 1.82) is 0 Å². The van der Waals surface area contributed by atoms with Crippen molar-refractivity contribution in [2.45, 2.75) is 12.8 Å². The molecule has 0 radical (unpaired) electrons. The lowest BCUT2D eigenvalue weighted by atomic mass is 10.3. The van der Waals surface area contributed by atoms with E-state index in [4.69, 9.17) is 0 Å². The largest absolute Gasteiger partial charge is 0.295 e. The lowest BCUT2D eigenvalue weighted by Gasteiger charge is -2.09. The first kappa shape index (κ1) is 9.85. The van der Waals surface area contributed by atoms with E-state index in [9.17, 15) is 13.2 Å². The van der Waals surface area contributed by atoms with Crippen LogP contribution in [0.25, 0.3) is 0 Å². The zero-order valence-corrected chi connectivity index (χ0v) is 6.58. The number of halogens is 3. The van der Waals surface area contributed by atoms with Gasteiger partial charge in [0.1, 0.15) is 0 Å². The Morgan fingerprint density at radius 2 is 1.69 bits per heavy atom. The fraction of sp³-hybridized carbons (Fsp3) is 0.250. The van der Waals surface area contributed by atoms with E-state index in [2.05, 4.69) is 10.3 Å². The molecular weight excluding hydrogens is 183 g/mol. The Kier molecular flexibility index (Phi) is 3.57. The first-order chi connectivity index (χ1) is 6.20. The smallest absolute Gasteiger partial charge is 0.264 e. The van der Waals surface area contributed by atoms with Crippen LogP contribution in [0, 0.1) is 0 Å². The van der Waals surface area contributed by atoms with Gasteiger partial charge in [-0.15, -0.1) is 0 Å². The molecule has 72 valence electrons. The summed E-state index contributed by atoms with van der Waals surface area (Å²) in [5.41, 5.74) is 2.49. The molecule has 0 aromatic heterocycles. The average molecular weight is 191 g/mol. The number of benzene rings is 1. The molecule has 5 heteroatoms. The van der Waals surface area contributed by atoms with Gasteiger partial charge in [0.15, 0.2) is 0 Å². The molecule has 1 N–H and O–H groups in total. The van der Waals surface area contributed by atoms with Crippen LogP contribution < -0.4 is 5.48 Å². The van der Waals surface area contributed by atoms with Crippen LogP contribution in [0.3, 0.4) is 0 Å². The number of alkyl halides is 3. The highest BCUT2D eigenvalue weighted by Crippen LogP contribution is 2.10. The van der Waals surface area contributed by atoms with Crippen LogP contribution in [-0.4, -0.2) is 12.8 Å². The molecule has 13 heavy (non-hydrogen) atoms. The monoisotopic (exact) mass is 191 g/mol. The van der Waals surface area contributed by atoms with Gasteiger partial charge in [-0.1, -0.05) is 18.2 Å². The van der Waals surface area contributed by atoms with Gasteiger partial charge in [0.25, 0.3) is 12.8 Å². The molecule has 1 aromatic carbocycles. The molecule has 1 rings (SSSR count). The van der Waals surface area contributed by atoms with Crippen LogP contribution in [0.15, 0.2) is 30.3 Å². The third-order valence-electron chi connectivity index (χ3n) is 1.26. The minimum atomic E-state index is -3.14. The summed E-state index contributed by atoms with van der Waals surface area (Å²) in [4.78, 5) is 4.02. The first-order valence-corrected chi connectivity index (χ1v) is 3.59. The number of rotatable bonds is 4. The number of para-hydroxylation sites is 1. The lowest BCUT2D eigenvalue weighted by molar-refractivity contribution is -0.109. The molecule has 0 saturated heterocycles. The molecule has 0 bridgehead atoms. The first-order valence-electron chi connectivity index (χ1n) is 3.59. The van der Waals surface area contributed by atoms with Gasteiger partial charge < -0.3 is 0 Å². The average Bonchev–Trinajstić information content (AvgIpc) is 2.15. The Bertz CT molecular complexity index is 242. The maximum Gasteiger partial charge on any atom is 0.295 e. The molecule has 0 aliphatic carbocycles. The van der Waals surface area contributed by atoms with Gasteiger partial charge in [-0.2, -0.15) is 0 Å². The molecule has 0 amide bonds. The molecule has 0 fully saturated rings. The summed E-state index contributed by atoms with van der Waals surface area (Å²) in [5, 5.41) is 0. The van der Waals surface area contributed by atoms with Crippen molar-refractivity contribution in [3.63, 3.8) is 0 Å². The topological polar surface area (TPSA) is 21.3 Å². The Labute approximate surface area is 73.3 Å². The summed E-state index contributed by atoms with van der Waals surface area (Å²) in [6.45, 7) is 0. The van der Waals surface area contributed by atoms with Gasteiger partial charge in [0.2, 0.25) is 0 Å². The molecular formula is C8H8F3NO. The fourth-order valence-corrected chi connectivity index (χ4v) is 0.682. The van der Waals surface area contributed by atoms with E-state index in [-0.39, 0.29) is 0 Å². The molecule has 0 spiro atoms. The Hall–Kier alpha value is -1.23. The molecule has 2 nitrogen and oxygen atoms in total. The second-order valence-electron chi connectivity index (χ2n) is 2.27. The van der Waals surface area contributed by atoms with E-state index >= 15 is 0 Å². The molecule has 1 unspecified atom stereocenters. The van der Waals surface area contributed by atoms with Crippen molar-refractivity contribution in [3.8, 4) is 0 Å². The minimum Gasteiger partial charge on any atom is -0.264 e. The van der Waals surface area contributed by atoms with Gasteiger partial charge in [-0.25, -0.2) is 18.0 Å². The van der Waals surface area contributed by atoms with Gasteiger partial charge in [0, 0.05) is 0 Å². The minimum absolute atomic E-state index is 0.422. The van der Waals surface area contributed by atoms with Crippen LogP contribution >= 0.6 is 0 Å². The molecule has 0 heterocycles. The quantitative estimate of drug-likeness (QED) is 0.738. The van der Waals surface area contributed by atoms with Gasteiger partial charge in [-0.05, 0) is 12.1 Å². The Morgan fingerprint density at radius 3 is 2.23 bits per heavy atom. The maximum atomic E-state index is 12.2. The third kappa shape index (κ3) is 3.33. The summed E-state index contributed by atoms with van der Waals surface area (Å²) in [7, 11) is 0. The number of hydrogen-bond donors (Lipinski definition) is 1. The van der Waals surface area contributed by atoms with Crippen LogP contribution in [0.2, 0.25) is 0 Å². The van der Waals surface area contributed by atoms with Crippen LogP contribution in [0.4, 0.5) is 18.9 Å². The van der Waals surface area contributed by atoms with Crippen LogP contribution in [0.1, 0.15) is 0 Å². The highest BCUT2D eigenvalue weighted by Gasteiger charge is 2.19. The predicted octanol–water partition coefficient (Wildman–Crippen LogP) is 2.59. The SMILES string of the molecule is FC(F)C(F)ONc1ccccc1. The van der Waals surface area contributed by atoms with Crippen molar-refractivity contribution in [2.75, 3.05) is 5.48 Å². The second-order valence-corrected chi connectivity index (χ2v) is 2.27. The van der Waals surface area contributed by atoms with Crippen molar-refractivity contribution in [2.24, 2.45) is 0 Å². The van der Waals surface area contributed by atoms with E-state index < -0.39 is 12.8 Å². The van der Waals surface area contributed by atoms with E-state index in [1.54, 1.807) is 30.3 Å². The highest BCUT2D eigenvalue weighted by atomic mass is 19.3. The zero-order chi connectivity index (χ0) is 9.68. The van der Waals surface area contributed by atoms with E-state index in [0.717, 1.165) is 0 Å². The van der Waals surface area contributed by atoms with Crippen molar-refractivity contribution in [1.82, 2.24) is 0 Å². The highest BCUT2D eigenvalue weighted by molar-refractivity contribution is 5.39. The van der Waals surface area contributed by atoms with Crippen molar-refractivity contribution < 1.29 is 18.0 Å². The van der Waals surface area contributed by atoms with Gasteiger partial charge in [-0.3, -0.25) is 5.48 Å². The molecule has 1 atom stereocenters. The Morgan fingerprint density at radius 1 is 1.08 bits per heavy atom. The lowest BCUT2D eigenvalue weighted by Crippen LogP contribution is -2.19. The standard InChI is InChI=1S/C8H8F3NO/c9-7(10)8(11)13-12-6-4-2-1-3-5-6/h1-5,7-8,12H. The molecule has 1 aromatic rings. The molecule has 0 saturated carbocycles. The summed E-state index contributed by atoms with van der Waals surface area (Å²) in [6.07, 6.45) is -5.75. The normalized spacial score (nSPS) is 12.9. The maximum absolute atomic E-state index is 12.2. The summed E-state index contributed by atoms with van der Waals surface area (Å²) in [5.74, 6) is 0. The van der Waals surface area contributed by atoms with Crippen molar-refractivity contribution in [3.05, 3.63) is 30.3 Å². The predicted molar refractivity (Wildman–Crippen MR) is 42.0 cm³/mol. The van der Waals surface area contributed by atoms with E-state index in [1.165, 1.54) is 0 Å². The zero-order valence-electron chi connectivity index (χ0n) is 6.58. The Balaban J connectivity index is 2.35. The van der Waals surface area contributed by atoms with E-state index in [1.807, 2.05) is 0 Å². The molecule has 0 aliphatic heterocycles. The van der Waals surface area contributed by atoms with Crippen LogP contribution in [0.5, 0.6) is 0 Å². The van der Waals surface area contributed by atoms with Gasteiger partial charge in [0.05, 0.1) is 5.69 Å². The van der Waals surface area contributed by atoms with E-state index in [0.29, 0.717) is 5.69 Å². The summed E-state index contributed by atoms with van der Waals surface area (Å²) < 4.78 is 35.4. The van der Waals surface area contributed by atoms with Gasteiger partial charge >= 0.3 is 0 Å². The third-order valence-corrected chi connectivity index (χ3v) is 1.26. The fourth-order valence-electron chi connectivity index (χ4n) is 0.682. The van der Waals surface area contributed by atoms with Crippen molar-refractivity contribution >= 4 is 5.69 Å². The number of nitrogens with one attached hydrogen (secondary N) is 1. The summed E-state index contributed by atoms with van der Waals surface area (Å²) >= 11 is 0. The number of hydrogen-bond acceptors (Lipinski definition) is 2. The second kappa shape index (κ2) is 4.71. The number of anilines is 1. The molecule has 0 aliphatic rings. The van der Waals surface area contributed by atoms with Crippen LogP contribution in [-0.2, 0) is 4.84 Å².